The molecule has 0 saturated heterocycles. The van der Waals surface area contributed by atoms with Crippen LogP contribution in [0.3, 0.4) is 0 Å². The van der Waals surface area contributed by atoms with Gasteiger partial charge in [0.25, 0.3) is 0 Å². The van der Waals surface area contributed by atoms with Gasteiger partial charge in [-0.25, -0.2) is 5.48 Å². The third-order valence-electron chi connectivity index (χ3n) is 1.37. The number of nitrogens with one attached hydrogen (secondary N) is 1. The van der Waals surface area contributed by atoms with E-state index in [9.17, 15) is 0 Å². The molecule has 1 aromatic rings. The minimum atomic E-state index is 0.516. The number of rotatable bonds is 2. The summed E-state index contributed by atoms with van der Waals surface area (Å²) in [6, 6.07) is 8.00. The molecule has 2 nitrogen and oxygen atoms in total. The fraction of sp³-hybridized carbons (Fsp3) is 0.400. The zero-order chi connectivity index (χ0) is 9.40. The van der Waals surface area contributed by atoms with Crippen LogP contribution in [-0.4, -0.2) is 5.21 Å². The Labute approximate surface area is 74.2 Å². The van der Waals surface area contributed by atoms with Crippen molar-refractivity contribution >= 4 is 0 Å². The van der Waals surface area contributed by atoms with Crippen LogP contribution in [0.25, 0.3) is 0 Å². The maximum absolute atomic E-state index is 8.36. The van der Waals surface area contributed by atoms with Crippen LogP contribution in [0.15, 0.2) is 24.3 Å². The van der Waals surface area contributed by atoms with E-state index < -0.39 is 0 Å². The van der Waals surface area contributed by atoms with Gasteiger partial charge in [0.05, 0.1) is 0 Å². The highest BCUT2D eigenvalue weighted by atomic mass is 16.5. The number of hydroxylamine groups is 1. The van der Waals surface area contributed by atoms with E-state index in [0.29, 0.717) is 6.54 Å². The third kappa shape index (κ3) is 4.11. The zero-order valence-electron chi connectivity index (χ0n) is 7.96. The van der Waals surface area contributed by atoms with E-state index in [1.54, 1.807) is 0 Å². The number of hydrogen-bond acceptors (Lipinski definition) is 2. The molecule has 0 aliphatic carbocycles. The molecular formula is C10H17NO. The summed E-state index contributed by atoms with van der Waals surface area (Å²) in [6.07, 6.45) is 0. The van der Waals surface area contributed by atoms with Crippen molar-refractivity contribution in [3.8, 4) is 0 Å². The molecule has 1 rings (SSSR count). The summed E-state index contributed by atoms with van der Waals surface area (Å²) in [4.78, 5) is 0. The van der Waals surface area contributed by atoms with E-state index in [1.165, 1.54) is 5.56 Å². The van der Waals surface area contributed by atoms with Crippen LogP contribution in [0.5, 0.6) is 0 Å². The first-order valence-corrected chi connectivity index (χ1v) is 4.25. The monoisotopic (exact) mass is 167 g/mol. The minimum absolute atomic E-state index is 0.516. The van der Waals surface area contributed by atoms with Crippen molar-refractivity contribution in [1.29, 1.82) is 0 Å². The van der Waals surface area contributed by atoms with Gasteiger partial charge in [0.15, 0.2) is 0 Å². The van der Waals surface area contributed by atoms with Gasteiger partial charge in [0.2, 0.25) is 0 Å². The molecule has 0 bridgehead atoms. The van der Waals surface area contributed by atoms with Gasteiger partial charge in [-0.3, -0.25) is 0 Å². The first kappa shape index (κ1) is 11.1. The second kappa shape index (κ2) is 6.83. The van der Waals surface area contributed by atoms with Crippen molar-refractivity contribution in [1.82, 2.24) is 5.48 Å². The van der Waals surface area contributed by atoms with Crippen LogP contribution in [-0.2, 0) is 6.54 Å². The average molecular weight is 167 g/mol. The Morgan fingerprint density at radius 2 is 2.00 bits per heavy atom. The molecule has 0 atom stereocenters. The van der Waals surface area contributed by atoms with Crippen molar-refractivity contribution in [2.45, 2.75) is 27.3 Å². The summed E-state index contributed by atoms with van der Waals surface area (Å²) in [7, 11) is 0. The molecule has 0 saturated carbocycles. The largest absolute Gasteiger partial charge is 0.316 e. The Morgan fingerprint density at radius 3 is 2.50 bits per heavy atom. The Hall–Kier alpha value is -0.860. The second-order valence-electron chi connectivity index (χ2n) is 2.32. The molecule has 2 N–H and O–H groups in total. The third-order valence-corrected chi connectivity index (χ3v) is 1.37. The van der Waals surface area contributed by atoms with Crippen LogP contribution >= 0.6 is 0 Å². The molecule has 0 unspecified atom stereocenters. The van der Waals surface area contributed by atoms with Crippen LogP contribution in [0.2, 0.25) is 0 Å². The lowest BCUT2D eigenvalue weighted by Crippen LogP contribution is -2.05. The average Bonchev–Trinajstić information content (AvgIpc) is 2.09. The predicted molar refractivity (Wildman–Crippen MR) is 51.2 cm³/mol. The highest BCUT2D eigenvalue weighted by molar-refractivity contribution is 5.21. The van der Waals surface area contributed by atoms with Gasteiger partial charge < -0.3 is 5.21 Å². The molecule has 2 heteroatoms. The summed E-state index contributed by atoms with van der Waals surface area (Å²) in [5.41, 5.74) is 4.43. The molecule has 0 spiro atoms. The number of aryl methyl sites for hydroxylation is 1. The molecule has 0 aliphatic heterocycles. The van der Waals surface area contributed by atoms with Gasteiger partial charge in [0, 0.05) is 6.54 Å². The first-order valence-electron chi connectivity index (χ1n) is 4.25. The topological polar surface area (TPSA) is 32.3 Å². The van der Waals surface area contributed by atoms with Crippen LogP contribution in [0.4, 0.5) is 0 Å². The molecule has 0 aliphatic rings. The molecule has 1 aromatic carbocycles. The summed E-state index contributed by atoms with van der Waals surface area (Å²) < 4.78 is 0. The van der Waals surface area contributed by atoms with Gasteiger partial charge in [-0.05, 0) is 12.5 Å². The van der Waals surface area contributed by atoms with Crippen LogP contribution in [0, 0.1) is 6.92 Å². The molecule has 0 radical (unpaired) electrons. The molecular weight excluding hydrogens is 150 g/mol. The maximum Gasteiger partial charge on any atom is 0.0458 e. The van der Waals surface area contributed by atoms with Crippen molar-refractivity contribution in [2.24, 2.45) is 0 Å². The van der Waals surface area contributed by atoms with Gasteiger partial charge >= 0.3 is 0 Å². The fourth-order valence-corrected chi connectivity index (χ4v) is 0.913. The van der Waals surface area contributed by atoms with E-state index in [-0.39, 0.29) is 0 Å². The van der Waals surface area contributed by atoms with Crippen molar-refractivity contribution in [3.63, 3.8) is 0 Å². The van der Waals surface area contributed by atoms with E-state index in [1.807, 2.05) is 45.0 Å². The van der Waals surface area contributed by atoms with E-state index in [4.69, 9.17) is 5.21 Å². The molecule has 68 valence electrons. The molecule has 12 heavy (non-hydrogen) atoms. The van der Waals surface area contributed by atoms with Crippen molar-refractivity contribution in [2.75, 3.05) is 0 Å². The summed E-state index contributed by atoms with van der Waals surface area (Å²) in [5.74, 6) is 0. The van der Waals surface area contributed by atoms with Gasteiger partial charge in [-0.2, -0.15) is 0 Å². The van der Waals surface area contributed by atoms with Crippen molar-refractivity contribution in [3.05, 3.63) is 35.4 Å². The fourth-order valence-electron chi connectivity index (χ4n) is 0.913. The maximum atomic E-state index is 8.36. The quantitative estimate of drug-likeness (QED) is 0.663. The van der Waals surface area contributed by atoms with Gasteiger partial charge in [0.1, 0.15) is 0 Å². The Balaban J connectivity index is 0.000000561. The lowest BCUT2D eigenvalue weighted by atomic mass is 10.1. The Bertz CT molecular complexity index is 211. The minimum Gasteiger partial charge on any atom is -0.316 e. The highest BCUT2D eigenvalue weighted by Crippen LogP contribution is 2.02. The number of benzene rings is 1. The normalized spacial score (nSPS) is 8.67. The zero-order valence-corrected chi connectivity index (χ0v) is 7.96. The first-order chi connectivity index (χ1) is 5.83. The van der Waals surface area contributed by atoms with E-state index in [0.717, 1.165) is 5.56 Å². The standard InChI is InChI=1S/C8H11NO.C2H6/c1-7-3-2-4-8(5-7)6-9-10;1-2/h2-5,9-10H,6H2,1H3;1-2H3. The SMILES string of the molecule is CC.Cc1cccc(CNO)c1. The summed E-state index contributed by atoms with van der Waals surface area (Å²) in [6.45, 7) is 6.54. The molecule has 0 fully saturated rings. The second-order valence-corrected chi connectivity index (χ2v) is 2.32. The molecule has 0 amide bonds. The molecule has 0 heterocycles. The lowest BCUT2D eigenvalue weighted by Gasteiger charge is -1.98. The number of hydrogen-bond donors (Lipinski definition) is 2. The smallest absolute Gasteiger partial charge is 0.0458 e. The summed E-state index contributed by atoms with van der Waals surface area (Å²) in [5, 5.41) is 8.36. The Kier molecular flexibility index (Phi) is 6.34. The van der Waals surface area contributed by atoms with Crippen LogP contribution < -0.4 is 5.48 Å². The summed E-state index contributed by atoms with van der Waals surface area (Å²) >= 11 is 0. The van der Waals surface area contributed by atoms with E-state index in [2.05, 4.69) is 5.48 Å². The van der Waals surface area contributed by atoms with E-state index >= 15 is 0 Å². The van der Waals surface area contributed by atoms with Crippen molar-refractivity contribution < 1.29 is 5.21 Å². The lowest BCUT2D eigenvalue weighted by molar-refractivity contribution is 0.161. The predicted octanol–water partition coefficient (Wildman–Crippen LogP) is 2.50. The Morgan fingerprint density at radius 1 is 1.33 bits per heavy atom. The molecule has 0 aromatic heterocycles. The van der Waals surface area contributed by atoms with Crippen LogP contribution in [0.1, 0.15) is 25.0 Å². The van der Waals surface area contributed by atoms with Gasteiger partial charge in [-0.15, -0.1) is 0 Å². The van der Waals surface area contributed by atoms with Gasteiger partial charge in [-0.1, -0.05) is 43.7 Å². The highest BCUT2D eigenvalue weighted by Gasteiger charge is 1.89.